The Hall–Kier alpha value is -1.98. The van der Waals surface area contributed by atoms with Crippen LogP contribution in [0.25, 0.3) is 0 Å². The summed E-state index contributed by atoms with van der Waals surface area (Å²) in [6.07, 6.45) is 5.96. The van der Waals surface area contributed by atoms with Crippen LogP contribution in [0, 0.1) is 6.92 Å². The minimum atomic E-state index is -0.534. The van der Waals surface area contributed by atoms with E-state index in [0.29, 0.717) is 23.7 Å². The van der Waals surface area contributed by atoms with Crippen molar-refractivity contribution in [3.05, 3.63) is 64.7 Å². The third-order valence-electron chi connectivity index (χ3n) is 5.97. The molecule has 0 aliphatic heterocycles. The number of amides is 2. The largest absolute Gasteiger partial charge is 0.352 e. The zero-order chi connectivity index (χ0) is 22.9. The number of aryl methyl sites for hydroxylation is 1. The number of hydrogen-bond acceptors (Lipinski definition) is 3. The van der Waals surface area contributed by atoms with Crippen LogP contribution < -0.4 is 5.32 Å². The van der Waals surface area contributed by atoms with Crippen molar-refractivity contribution in [2.45, 2.75) is 75.9 Å². The first-order valence-electron chi connectivity index (χ1n) is 11.5. The lowest BCUT2D eigenvalue weighted by Crippen LogP contribution is -2.50. The van der Waals surface area contributed by atoms with E-state index >= 15 is 0 Å². The quantitative estimate of drug-likeness (QED) is 0.455. The van der Waals surface area contributed by atoms with Gasteiger partial charge in [0.2, 0.25) is 11.8 Å². The maximum Gasteiger partial charge on any atom is 0.242 e. The van der Waals surface area contributed by atoms with Gasteiger partial charge in [0.05, 0.1) is 0 Å². The Morgan fingerprint density at radius 1 is 1.12 bits per heavy atom. The molecular weight excluding hydrogens is 440 g/mol. The van der Waals surface area contributed by atoms with Crippen LogP contribution in [-0.2, 0) is 16.1 Å². The van der Waals surface area contributed by atoms with E-state index in [-0.39, 0.29) is 17.9 Å². The molecule has 0 aromatic heterocycles. The van der Waals surface area contributed by atoms with Gasteiger partial charge in [-0.25, -0.2) is 0 Å². The maximum atomic E-state index is 13.2. The van der Waals surface area contributed by atoms with E-state index in [0.717, 1.165) is 36.1 Å². The summed E-state index contributed by atoms with van der Waals surface area (Å²) in [7, 11) is 0. The van der Waals surface area contributed by atoms with Crippen molar-refractivity contribution in [3.8, 4) is 0 Å². The molecule has 0 bridgehead atoms. The van der Waals surface area contributed by atoms with Gasteiger partial charge in [-0.1, -0.05) is 60.7 Å². The highest BCUT2D eigenvalue weighted by atomic mass is 35.5. The van der Waals surface area contributed by atoms with Gasteiger partial charge in [-0.05, 0) is 56.5 Å². The second-order valence-corrected chi connectivity index (χ2v) is 10.2. The van der Waals surface area contributed by atoms with Crippen LogP contribution in [0.2, 0.25) is 5.02 Å². The van der Waals surface area contributed by atoms with Crippen LogP contribution in [0.15, 0.2) is 53.4 Å². The molecule has 1 fully saturated rings. The maximum absolute atomic E-state index is 13.2. The first kappa shape index (κ1) is 24.7. The average molecular weight is 473 g/mol. The minimum Gasteiger partial charge on any atom is -0.352 e. The molecule has 1 saturated carbocycles. The highest BCUT2D eigenvalue weighted by molar-refractivity contribution is 7.99. The minimum absolute atomic E-state index is 0.0177. The number of carbonyl (C=O) groups excluding carboxylic acids is 2. The van der Waals surface area contributed by atoms with E-state index in [1.54, 1.807) is 16.7 Å². The fourth-order valence-corrected chi connectivity index (χ4v) is 5.07. The molecule has 2 amide bonds. The summed E-state index contributed by atoms with van der Waals surface area (Å²) in [6.45, 7) is 4.26. The molecule has 4 nitrogen and oxygen atoms in total. The van der Waals surface area contributed by atoms with Gasteiger partial charge in [-0.3, -0.25) is 9.59 Å². The normalized spacial score (nSPS) is 15.2. The van der Waals surface area contributed by atoms with Crippen molar-refractivity contribution in [1.29, 1.82) is 0 Å². The summed E-state index contributed by atoms with van der Waals surface area (Å²) in [4.78, 5) is 29.1. The zero-order valence-electron chi connectivity index (χ0n) is 19.0. The highest BCUT2D eigenvalue weighted by Gasteiger charge is 2.28. The van der Waals surface area contributed by atoms with Crippen LogP contribution in [0.1, 0.15) is 56.6 Å². The van der Waals surface area contributed by atoms with E-state index in [4.69, 9.17) is 11.6 Å². The molecular formula is C26H33ClN2O2S. The Balaban J connectivity index is 1.64. The van der Waals surface area contributed by atoms with Crippen molar-refractivity contribution < 1.29 is 9.59 Å². The van der Waals surface area contributed by atoms with Crippen molar-refractivity contribution in [3.63, 3.8) is 0 Å². The number of nitrogens with zero attached hydrogens (tertiary/aromatic N) is 1. The monoisotopic (exact) mass is 472 g/mol. The number of hydrogen-bond donors (Lipinski definition) is 1. The molecule has 0 radical (unpaired) electrons. The number of benzene rings is 2. The van der Waals surface area contributed by atoms with Crippen molar-refractivity contribution >= 4 is 35.2 Å². The number of nitrogens with one attached hydrogen (secondary N) is 1. The molecule has 1 aliphatic rings. The van der Waals surface area contributed by atoms with Gasteiger partial charge in [0.25, 0.3) is 0 Å². The Labute approximate surface area is 201 Å². The van der Waals surface area contributed by atoms with Crippen LogP contribution >= 0.6 is 23.4 Å². The summed E-state index contributed by atoms with van der Waals surface area (Å²) in [5, 5.41) is 3.80. The van der Waals surface area contributed by atoms with E-state index in [9.17, 15) is 9.59 Å². The molecule has 3 rings (SSSR count). The third-order valence-corrected chi connectivity index (χ3v) is 7.22. The van der Waals surface area contributed by atoms with Gasteiger partial charge in [0.15, 0.2) is 0 Å². The first-order chi connectivity index (χ1) is 15.4. The molecule has 1 atom stereocenters. The summed E-state index contributed by atoms with van der Waals surface area (Å²) in [5.41, 5.74) is 2.14. The highest BCUT2D eigenvalue weighted by Crippen LogP contribution is 2.22. The van der Waals surface area contributed by atoms with Crippen LogP contribution in [0.3, 0.4) is 0 Å². The third kappa shape index (κ3) is 7.56. The summed E-state index contributed by atoms with van der Waals surface area (Å²) in [6, 6.07) is 15.5. The van der Waals surface area contributed by atoms with Crippen LogP contribution in [0.5, 0.6) is 0 Å². The van der Waals surface area contributed by atoms with Gasteiger partial charge in [0.1, 0.15) is 6.04 Å². The Kier molecular flexibility index (Phi) is 9.49. The summed E-state index contributed by atoms with van der Waals surface area (Å²) < 4.78 is 0. The molecule has 6 heteroatoms. The molecule has 0 spiro atoms. The Bertz CT molecular complexity index is 897. The zero-order valence-corrected chi connectivity index (χ0v) is 20.6. The summed E-state index contributed by atoms with van der Waals surface area (Å²) >= 11 is 7.82. The van der Waals surface area contributed by atoms with Crippen molar-refractivity contribution in [2.24, 2.45) is 0 Å². The number of rotatable bonds is 9. The van der Waals surface area contributed by atoms with Crippen LogP contribution in [0.4, 0.5) is 0 Å². The Morgan fingerprint density at radius 2 is 1.84 bits per heavy atom. The molecule has 0 heterocycles. The number of carbonyl (C=O) groups is 2. The molecule has 2 aromatic carbocycles. The van der Waals surface area contributed by atoms with Gasteiger partial charge < -0.3 is 10.2 Å². The lowest BCUT2D eigenvalue weighted by Gasteiger charge is -2.31. The Morgan fingerprint density at radius 3 is 2.53 bits per heavy atom. The standard InChI is InChI=1S/C26H33ClN2O2S/c1-19-11-13-24(14-12-19)32-16-15-25(30)29(18-21-7-6-8-22(27)17-21)20(2)26(31)28-23-9-4-3-5-10-23/h6-8,11-14,17,20,23H,3-5,9-10,15-16,18H2,1-2H3,(H,28,31)/t20-/m0/s1. The van der Waals surface area contributed by atoms with E-state index in [1.165, 1.54) is 12.0 Å². The smallest absolute Gasteiger partial charge is 0.242 e. The van der Waals surface area contributed by atoms with Crippen molar-refractivity contribution in [2.75, 3.05) is 5.75 Å². The lowest BCUT2D eigenvalue weighted by molar-refractivity contribution is -0.140. The molecule has 1 N–H and O–H groups in total. The lowest BCUT2D eigenvalue weighted by atomic mass is 9.95. The number of thioether (sulfide) groups is 1. The van der Waals surface area contributed by atoms with Gasteiger partial charge in [-0.15, -0.1) is 11.8 Å². The van der Waals surface area contributed by atoms with Crippen LogP contribution in [-0.4, -0.2) is 34.6 Å². The molecule has 0 unspecified atom stereocenters. The predicted molar refractivity (Wildman–Crippen MR) is 133 cm³/mol. The van der Waals surface area contributed by atoms with E-state index < -0.39 is 6.04 Å². The second kappa shape index (κ2) is 12.3. The molecule has 172 valence electrons. The molecule has 0 saturated heterocycles. The number of halogens is 1. The SMILES string of the molecule is Cc1ccc(SCCC(=O)N(Cc2cccc(Cl)c2)[C@@H](C)C(=O)NC2CCCCC2)cc1. The predicted octanol–water partition coefficient (Wildman–Crippen LogP) is 6.00. The fraction of sp³-hybridized carbons (Fsp3) is 0.462. The first-order valence-corrected chi connectivity index (χ1v) is 12.8. The van der Waals surface area contributed by atoms with Gasteiger partial charge in [-0.2, -0.15) is 0 Å². The molecule has 1 aliphatic carbocycles. The van der Waals surface area contributed by atoms with Gasteiger partial charge >= 0.3 is 0 Å². The molecule has 32 heavy (non-hydrogen) atoms. The van der Waals surface area contributed by atoms with E-state index in [2.05, 4.69) is 36.5 Å². The van der Waals surface area contributed by atoms with E-state index in [1.807, 2.05) is 31.2 Å². The van der Waals surface area contributed by atoms with Gasteiger partial charge in [0, 0.05) is 34.7 Å². The fourth-order valence-electron chi connectivity index (χ4n) is 4.02. The summed E-state index contributed by atoms with van der Waals surface area (Å²) in [5.74, 6) is 0.583. The topological polar surface area (TPSA) is 49.4 Å². The van der Waals surface area contributed by atoms with Crippen molar-refractivity contribution in [1.82, 2.24) is 10.2 Å². The molecule has 2 aromatic rings. The second-order valence-electron chi connectivity index (χ2n) is 8.58. The average Bonchev–Trinajstić information content (AvgIpc) is 2.79.